The summed E-state index contributed by atoms with van der Waals surface area (Å²) in [4.78, 5) is 22.4. The predicted octanol–water partition coefficient (Wildman–Crippen LogP) is 2.06. The predicted molar refractivity (Wildman–Crippen MR) is 72.1 cm³/mol. The van der Waals surface area contributed by atoms with Crippen LogP contribution >= 0.6 is 15.9 Å². The minimum Gasteiger partial charge on any atom is -0.466 e. The molecule has 1 aromatic rings. The minimum atomic E-state index is -0.488. The summed E-state index contributed by atoms with van der Waals surface area (Å²) in [6.45, 7) is 2.52. The van der Waals surface area contributed by atoms with Crippen molar-refractivity contribution in [3.63, 3.8) is 0 Å². The van der Waals surface area contributed by atoms with Crippen LogP contribution in [0.1, 0.15) is 18.9 Å². The quantitative estimate of drug-likeness (QED) is 0.646. The van der Waals surface area contributed by atoms with Gasteiger partial charge in [-0.1, -0.05) is 28.1 Å². The lowest BCUT2D eigenvalue weighted by Crippen LogP contribution is -2.28. The molecule has 0 fully saturated rings. The molecule has 0 radical (unpaired) electrons. The number of hydrogen-bond acceptors (Lipinski definition) is 3. The zero-order valence-electron chi connectivity index (χ0n) is 10.2. The van der Waals surface area contributed by atoms with Crippen LogP contribution in [0.25, 0.3) is 0 Å². The van der Waals surface area contributed by atoms with Crippen molar-refractivity contribution in [2.45, 2.75) is 19.8 Å². The highest BCUT2D eigenvalue weighted by Gasteiger charge is 2.09. The Morgan fingerprint density at radius 1 is 1.39 bits per heavy atom. The second-order valence-corrected chi connectivity index (χ2v) is 4.63. The van der Waals surface area contributed by atoms with Crippen LogP contribution in [0.5, 0.6) is 0 Å². The summed E-state index contributed by atoms with van der Waals surface area (Å²) in [5.41, 5.74) is 1.13. The lowest BCUT2D eigenvalue weighted by atomic mass is 10.1. The highest BCUT2D eigenvalue weighted by Crippen LogP contribution is 2.11. The third-order valence-electron chi connectivity index (χ3n) is 2.24. The Kier molecular flexibility index (Phi) is 6.43. The van der Waals surface area contributed by atoms with E-state index < -0.39 is 5.97 Å². The second-order valence-electron chi connectivity index (χ2n) is 3.71. The maximum Gasteiger partial charge on any atom is 0.315 e. The number of ether oxygens (including phenoxy) is 1. The normalized spacial score (nSPS) is 9.89. The molecule has 0 aromatic heterocycles. The van der Waals surface area contributed by atoms with Crippen LogP contribution in [-0.4, -0.2) is 25.0 Å². The van der Waals surface area contributed by atoms with Gasteiger partial charge in [-0.3, -0.25) is 9.59 Å². The standard InChI is InChI=1S/C13H16BrNO3/c1-2-18-13(17)9-12(16)15-7-6-10-4-3-5-11(14)8-10/h3-5,8H,2,6-7,9H2,1H3,(H,15,16). The van der Waals surface area contributed by atoms with Gasteiger partial charge in [-0.2, -0.15) is 0 Å². The van der Waals surface area contributed by atoms with Crippen molar-refractivity contribution in [2.24, 2.45) is 0 Å². The molecule has 0 saturated heterocycles. The third-order valence-corrected chi connectivity index (χ3v) is 2.73. The molecule has 98 valence electrons. The summed E-state index contributed by atoms with van der Waals surface area (Å²) in [5.74, 6) is -0.791. The fourth-order valence-corrected chi connectivity index (χ4v) is 1.89. The van der Waals surface area contributed by atoms with Crippen molar-refractivity contribution in [3.05, 3.63) is 34.3 Å². The first kappa shape index (κ1) is 14.7. The monoisotopic (exact) mass is 313 g/mol. The zero-order chi connectivity index (χ0) is 13.4. The molecule has 0 spiro atoms. The van der Waals surface area contributed by atoms with Crippen molar-refractivity contribution in [2.75, 3.05) is 13.2 Å². The molecule has 0 bridgehead atoms. The van der Waals surface area contributed by atoms with Gasteiger partial charge in [-0.15, -0.1) is 0 Å². The van der Waals surface area contributed by atoms with Crippen molar-refractivity contribution in [1.29, 1.82) is 0 Å². The van der Waals surface area contributed by atoms with Gasteiger partial charge in [0.05, 0.1) is 6.61 Å². The molecule has 1 N–H and O–H groups in total. The lowest BCUT2D eigenvalue weighted by Gasteiger charge is -2.05. The minimum absolute atomic E-state index is 0.216. The van der Waals surface area contributed by atoms with Crippen molar-refractivity contribution < 1.29 is 14.3 Å². The Morgan fingerprint density at radius 2 is 2.17 bits per heavy atom. The number of esters is 1. The average Bonchev–Trinajstić information content (AvgIpc) is 2.29. The Hall–Kier alpha value is -1.36. The number of halogens is 1. The molecule has 1 rings (SSSR count). The van der Waals surface area contributed by atoms with Gasteiger partial charge in [0.15, 0.2) is 0 Å². The van der Waals surface area contributed by atoms with E-state index in [2.05, 4.69) is 26.0 Å². The fraction of sp³-hybridized carbons (Fsp3) is 0.385. The molecule has 0 aliphatic carbocycles. The summed E-state index contributed by atoms with van der Waals surface area (Å²) in [6.07, 6.45) is 0.514. The lowest BCUT2D eigenvalue weighted by molar-refractivity contribution is -0.145. The number of amides is 1. The van der Waals surface area contributed by atoms with E-state index in [1.54, 1.807) is 6.92 Å². The molecule has 1 aromatic carbocycles. The van der Waals surface area contributed by atoms with Gasteiger partial charge >= 0.3 is 5.97 Å². The van der Waals surface area contributed by atoms with Crippen LogP contribution in [0.4, 0.5) is 0 Å². The number of hydrogen-bond donors (Lipinski definition) is 1. The highest BCUT2D eigenvalue weighted by molar-refractivity contribution is 9.10. The number of rotatable bonds is 6. The smallest absolute Gasteiger partial charge is 0.315 e. The third kappa shape index (κ3) is 5.82. The number of benzene rings is 1. The van der Waals surface area contributed by atoms with E-state index in [1.165, 1.54) is 0 Å². The highest BCUT2D eigenvalue weighted by atomic mass is 79.9. The molecule has 0 unspecified atom stereocenters. The van der Waals surface area contributed by atoms with Crippen LogP contribution in [0.2, 0.25) is 0 Å². The molecule has 0 heterocycles. The molecule has 0 aliphatic rings. The number of carbonyl (C=O) groups excluding carboxylic acids is 2. The summed E-state index contributed by atoms with van der Waals surface area (Å²) in [7, 11) is 0. The van der Waals surface area contributed by atoms with Gasteiger partial charge in [-0.05, 0) is 31.0 Å². The van der Waals surface area contributed by atoms with Crippen LogP contribution < -0.4 is 5.32 Å². The summed E-state index contributed by atoms with van der Waals surface area (Å²) < 4.78 is 5.70. The van der Waals surface area contributed by atoms with Gasteiger partial charge in [0.1, 0.15) is 6.42 Å². The molecule has 4 nitrogen and oxygen atoms in total. The van der Waals surface area contributed by atoms with Gasteiger partial charge < -0.3 is 10.1 Å². The Bertz CT molecular complexity index is 420. The van der Waals surface area contributed by atoms with Gasteiger partial charge in [-0.25, -0.2) is 0 Å². The van der Waals surface area contributed by atoms with Crippen LogP contribution in [0.3, 0.4) is 0 Å². The Labute approximate surface area is 115 Å². The van der Waals surface area contributed by atoms with E-state index in [9.17, 15) is 9.59 Å². The second kappa shape index (κ2) is 7.87. The molecule has 0 aliphatic heterocycles. The maximum absolute atomic E-state index is 11.4. The first-order valence-electron chi connectivity index (χ1n) is 5.78. The van der Waals surface area contributed by atoms with E-state index in [0.717, 1.165) is 16.5 Å². The van der Waals surface area contributed by atoms with Gasteiger partial charge in [0, 0.05) is 11.0 Å². The van der Waals surface area contributed by atoms with Gasteiger partial charge in [0.25, 0.3) is 0 Å². The van der Waals surface area contributed by atoms with Crippen molar-refractivity contribution in [1.82, 2.24) is 5.32 Å². The largest absolute Gasteiger partial charge is 0.466 e. The van der Waals surface area contributed by atoms with Gasteiger partial charge in [0.2, 0.25) is 5.91 Å². The molecular weight excluding hydrogens is 298 g/mol. The van der Waals surface area contributed by atoms with E-state index in [-0.39, 0.29) is 12.3 Å². The molecule has 1 amide bonds. The average molecular weight is 314 g/mol. The maximum atomic E-state index is 11.4. The van der Waals surface area contributed by atoms with Crippen molar-refractivity contribution >= 4 is 27.8 Å². The van der Waals surface area contributed by atoms with Crippen LogP contribution in [0.15, 0.2) is 28.7 Å². The van der Waals surface area contributed by atoms with E-state index >= 15 is 0 Å². The van der Waals surface area contributed by atoms with Crippen molar-refractivity contribution in [3.8, 4) is 0 Å². The summed E-state index contributed by atoms with van der Waals surface area (Å²) >= 11 is 3.38. The molecule has 0 atom stereocenters. The molecular formula is C13H16BrNO3. The summed E-state index contributed by atoms with van der Waals surface area (Å²) in [6, 6.07) is 7.88. The Morgan fingerprint density at radius 3 is 2.83 bits per heavy atom. The molecule has 18 heavy (non-hydrogen) atoms. The first-order chi connectivity index (χ1) is 8.61. The number of nitrogens with one attached hydrogen (secondary N) is 1. The topological polar surface area (TPSA) is 55.4 Å². The zero-order valence-corrected chi connectivity index (χ0v) is 11.8. The van der Waals surface area contributed by atoms with E-state index in [4.69, 9.17) is 0 Å². The molecule has 0 saturated carbocycles. The first-order valence-corrected chi connectivity index (χ1v) is 6.58. The van der Waals surface area contributed by atoms with E-state index in [0.29, 0.717) is 13.2 Å². The van der Waals surface area contributed by atoms with Crippen LogP contribution in [-0.2, 0) is 20.7 Å². The Balaban J connectivity index is 2.25. The van der Waals surface area contributed by atoms with E-state index in [1.807, 2.05) is 24.3 Å². The molecule has 5 heteroatoms. The van der Waals surface area contributed by atoms with Crippen LogP contribution in [0, 0.1) is 0 Å². The fourth-order valence-electron chi connectivity index (χ4n) is 1.44. The summed E-state index contributed by atoms with van der Waals surface area (Å²) in [5, 5.41) is 2.68. The SMILES string of the molecule is CCOC(=O)CC(=O)NCCc1cccc(Br)c1. The number of carbonyl (C=O) groups is 2.